The second-order valence-electron chi connectivity index (χ2n) is 7.23. The zero-order valence-electron chi connectivity index (χ0n) is 16.3. The standard InChI is InChI=1S/C24H21ClN2O2/c1-28-21-10-7-14(13-22(21)29-2)23-24-18(17-5-3-4-6-20(17)27-24)12-15-11-16(25)8-9-19(15)26-23/h3-11,13,23,26-27H,12H2,1-2H3. The smallest absolute Gasteiger partial charge is 0.161 e. The molecule has 1 unspecified atom stereocenters. The van der Waals surface area contributed by atoms with Crippen LogP contribution in [0.2, 0.25) is 5.02 Å². The first-order valence-electron chi connectivity index (χ1n) is 9.54. The topological polar surface area (TPSA) is 46.3 Å². The summed E-state index contributed by atoms with van der Waals surface area (Å²) in [5.41, 5.74) is 6.95. The summed E-state index contributed by atoms with van der Waals surface area (Å²) in [6.45, 7) is 0. The predicted molar refractivity (Wildman–Crippen MR) is 118 cm³/mol. The van der Waals surface area contributed by atoms with Crippen molar-refractivity contribution in [3.8, 4) is 11.5 Å². The maximum Gasteiger partial charge on any atom is 0.161 e. The Morgan fingerprint density at radius 2 is 1.76 bits per heavy atom. The highest BCUT2D eigenvalue weighted by molar-refractivity contribution is 6.30. The largest absolute Gasteiger partial charge is 0.493 e. The van der Waals surface area contributed by atoms with Crippen LogP contribution in [-0.4, -0.2) is 19.2 Å². The molecule has 29 heavy (non-hydrogen) atoms. The lowest BCUT2D eigenvalue weighted by Crippen LogP contribution is -2.13. The van der Waals surface area contributed by atoms with E-state index in [1.165, 1.54) is 16.5 Å². The molecule has 5 heteroatoms. The fraction of sp³-hybridized carbons (Fsp3) is 0.167. The number of H-pyrrole nitrogens is 1. The normalized spacial score (nSPS) is 15.2. The van der Waals surface area contributed by atoms with Gasteiger partial charge in [-0.05, 0) is 53.1 Å². The summed E-state index contributed by atoms with van der Waals surface area (Å²) >= 11 is 6.31. The molecule has 0 saturated carbocycles. The highest BCUT2D eigenvalue weighted by Gasteiger charge is 2.27. The lowest BCUT2D eigenvalue weighted by Gasteiger charge is -2.21. The fourth-order valence-electron chi connectivity index (χ4n) is 4.21. The second kappa shape index (κ2) is 7.05. The highest BCUT2D eigenvalue weighted by atomic mass is 35.5. The van der Waals surface area contributed by atoms with Crippen LogP contribution in [0.15, 0.2) is 60.7 Å². The lowest BCUT2D eigenvalue weighted by molar-refractivity contribution is 0.354. The monoisotopic (exact) mass is 404 g/mol. The Hall–Kier alpha value is -3.11. The van der Waals surface area contributed by atoms with Crippen LogP contribution in [0.1, 0.15) is 28.4 Å². The Balaban J connectivity index is 1.74. The first-order chi connectivity index (χ1) is 14.2. The number of benzene rings is 3. The van der Waals surface area contributed by atoms with Gasteiger partial charge in [0.1, 0.15) is 0 Å². The van der Waals surface area contributed by atoms with E-state index in [4.69, 9.17) is 21.1 Å². The van der Waals surface area contributed by atoms with Gasteiger partial charge < -0.3 is 19.8 Å². The van der Waals surface area contributed by atoms with Crippen molar-refractivity contribution in [1.29, 1.82) is 0 Å². The van der Waals surface area contributed by atoms with Gasteiger partial charge in [-0.15, -0.1) is 0 Å². The van der Waals surface area contributed by atoms with Crippen LogP contribution in [-0.2, 0) is 6.42 Å². The van der Waals surface area contributed by atoms with Crippen LogP contribution < -0.4 is 14.8 Å². The maximum absolute atomic E-state index is 6.31. The predicted octanol–water partition coefficient (Wildman–Crippen LogP) is 5.94. The molecule has 0 fully saturated rings. The molecule has 2 heterocycles. The summed E-state index contributed by atoms with van der Waals surface area (Å²) in [5, 5.41) is 5.71. The van der Waals surface area contributed by atoms with Crippen molar-refractivity contribution in [3.63, 3.8) is 0 Å². The van der Waals surface area contributed by atoms with Crippen molar-refractivity contribution in [2.45, 2.75) is 12.5 Å². The van der Waals surface area contributed by atoms with E-state index in [1.54, 1.807) is 14.2 Å². The number of hydrogen-bond acceptors (Lipinski definition) is 3. The van der Waals surface area contributed by atoms with Crippen molar-refractivity contribution in [1.82, 2.24) is 4.98 Å². The van der Waals surface area contributed by atoms with E-state index < -0.39 is 0 Å². The molecule has 0 bridgehead atoms. The summed E-state index contributed by atoms with van der Waals surface area (Å²) in [7, 11) is 3.31. The van der Waals surface area contributed by atoms with Crippen LogP contribution in [0, 0.1) is 0 Å². The van der Waals surface area contributed by atoms with Gasteiger partial charge in [0.2, 0.25) is 0 Å². The molecule has 4 aromatic rings. The molecule has 2 N–H and O–H groups in total. The van der Waals surface area contributed by atoms with Crippen LogP contribution >= 0.6 is 11.6 Å². The Bertz CT molecular complexity index is 1210. The van der Waals surface area contributed by atoms with Gasteiger partial charge in [-0.25, -0.2) is 0 Å². The quantitative estimate of drug-likeness (QED) is 0.444. The maximum atomic E-state index is 6.31. The van der Waals surface area contributed by atoms with Crippen molar-refractivity contribution in [3.05, 3.63) is 88.1 Å². The molecule has 0 radical (unpaired) electrons. The van der Waals surface area contributed by atoms with Crippen molar-refractivity contribution in [2.24, 2.45) is 0 Å². The van der Waals surface area contributed by atoms with E-state index >= 15 is 0 Å². The van der Waals surface area contributed by atoms with Crippen LogP contribution in [0.3, 0.4) is 0 Å². The zero-order valence-corrected chi connectivity index (χ0v) is 17.0. The molecule has 1 aliphatic rings. The summed E-state index contributed by atoms with van der Waals surface area (Å²) in [6.07, 6.45) is 0.812. The van der Waals surface area contributed by atoms with E-state index in [2.05, 4.69) is 46.7 Å². The van der Waals surface area contributed by atoms with E-state index in [-0.39, 0.29) is 6.04 Å². The third-order valence-electron chi connectivity index (χ3n) is 5.61. The molecule has 1 aromatic heterocycles. The zero-order chi connectivity index (χ0) is 20.0. The minimum absolute atomic E-state index is 0.0559. The molecular weight excluding hydrogens is 384 g/mol. The number of anilines is 1. The van der Waals surface area contributed by atoms with E-state index in [0.717, 1.165) is 33.9 Å². The molecule has 1 atom stereocenters. The lowest BCUT2D eigenvalue weighted by atomic mass is 9.97. The summed E-state index contributed by atoms with van der Waals surface area (Å²) in [6, 6.07) is 20.5. The Labute approximate surface area is 174 Å². The molecular formula is C24H21ClN2O2. The van der Waals surface area contributed by atoms with Crippen LogP contribution in [0.25, 0.3) is 10.9 Å². The van der Waals surface area contributed by atoms with Gasteiger partial charge in [-0.3, -0.25) is 0 Å². The van der Waals surface area contributed by atoms with Gasteiger partial charge in [0.15, 0.2) is 11.5 Å². The SMILES string of the molecule is COc1ccc(C2Nc3ccc(Cl)cc3Cc3c2[nH]c2ccccc32)cc1OC. The third-order valence-corrected chi connectivity index (χ3v) is 5.85. The van der Waals surface area contributed by atoms with Crippen molar-refractivity contribution < 1.29 is 9.47 Å². The highest BCUT2D eigenvalue weighted by Crippen LogP contribution is 2.41. The van der Waals surface area contributed by atoms with Crippen molar-refractivity contribution in [2.75, 3.05) is 19.5 Å². The van der Waals surface area contributed by atoms with Crippen LogP contribution in [0.4, 0.5) is 5.69 Å². The minimum Gasteiger partial charge on any atom is -0.493 e. The molecule has 5 rings (SSSR count). The first kappa shape index (κ1) is 18.0. The molecule has 0 spiro atoms. The molecule has 4 nitrogen and oxygen atoms in total. The number of hydrogen-bond donors (Lipinski definition) is 2. The number of rotatable bonds is 3. The van der Waals surface area contributed by atoms with Gasteiger partial charge in [0.25, 0.3) is 0 Å². The van der Waals surface area contributed by atoms with Crippen LogP contribution in [0.5, 0.6) is 11.5 Å². The van der Waals surface area contributed by atoms with Crippen molar-refractivity contribution >= 4 is 28.2 Å². The van der Waals surface area contributed by atoms with E-state index in [9.17, 15) is 0 Å². The number of fused-ring (bicyclic) bond motifs is 4. The fourth-order valence-corrected chi connectivity index (χ4v) is 4.40. The van der Waals surface area contributed by atoms with Gasteiger partial charge in [0.05, 0.1) is 20.3 Å². The molecule has 1 aliphatic heterocycles. The number of nitrogens with one attached hydrogen (secondary N) is 2. The van der Waals surface area contributed by atoms with Gasteiger partial charge in [-0.1, -0.05) is 35.9 Å². The Morgan fingerprint density at radius 3 is 2.59 bits per heavy atom. The first-order valence-corrected chi connectivity index (χ1v) is 9.92. The Morgan fingerprint density at radius 1 is 0.931 bits per heavy atom. The summed E-state index contributed by atoms with van der Waals surface area (Å²) < 4.78 is 11.0. The molecule has 146 valence electrons. The number of aromatic nitrogens is 1. The van der Waals surface area contributed by atoms with Gasteiger partial charge in [-0.2, -0.15) is 0 Å². The average molecular weight is 405 g/mol. The van der Waals surface area contributed by atoms with Gasteiger partial charge >= 0.3 is 0 Å². The van der Waals surface area contributed by atoms with E-state index in [1.807, 2.05) is 24.3 Å². The molecule has 3 aromatic carbocycles. The molecule has 0 saturated heterocycles. The molecule has 0 amide bonds. The van der Waals surface area contributed by atoms with Gasteiger partial charge in [0, 0.05) is 33.7 Å². The second-order valence-corrected chi connectivity index (χ2v) is 7.67. The summed E-state index contributed by atoms with van der Waals surface area (Å²) in [4.78, 5) is 3.65. The number of methoxy groups -OCH3 is 2. The number of aromatic amines is 1. The number of halogens is 1. The third kappa shape index (κ3) is 3.00. The minimum atomic E-state index is -0.0559. The number of para-hydroxylation sites is 1. The Kier molecular flexibility index (Phi) is 4.36. The number of ether oxygens (including phenoxy) is 2. The van der Waals surface area contributed by atoms with E-state index in [0.29, 0.717) is 11.5 Å². The molecule has 0 aliphatic carbocycles. The average Bonchev–Trinajstić information content (AvgIpc) is 3.02. The summed E-state index contributed by atoms with van der Waals surface area (Å²) in [5.74, 6) is 1.43.